The summed E-state index contributed by atoms with van der Waals surface area (Å²) in [6.45, 7) is 9.07. The maximum Gasteiger partial charge on any atom is 0.196 e. The summed E-state index contributed by atoms with van der Waals surface area (Å²) < 4.78 is 20.8. The Hall–Kier alpha value is -3.45. The van der Waals surface area contributed by atoms with Crippen LogP contribution >= 0.6 is 11.8 Å². The molecule has 35 heavy (non-hydrogen) atoms. The number of rotatable bonds is 8. The molecule has 0 saturated heterocycles. The number of Topliss-reactive ketones (excluding diaryl/α,β-unsaturated/α-hetero) is 1. The molecule has 0 N–H and O–H groups in total. The summed E-state index contributed by atoms with van der Waals surface area (Å²) in [7, 11) is 0. The standard InChI is InChI=1S/C28H28FN3O2S/c1-5-34-24-16-14-23(15-17-24)32-26(20-6-10-21(11-7-20)28(2,3)4)30-31-27(32)35-18-25(33)19-8-12-22(29)13-9-19/h6-17H,5,18H2,1-4H3. The Bertz CT molecular complexity index is 1290. The van der Waals surface area contributed by atoms with Crippen molar-refractivity contribution in [2.24, 2.45) is 0 Å². The second-order valence-electron chi connectivity index (χ2n) is 9.11. The van der Waals surface area contributed by atoms with E-state index in [1.54, 1.807) is 0 Å². The molecule has 0 aliphatic carbocycles. The third-order valence-electron chi connectivity index (χ3n) is 5.55. The Balaban J connectivity index is 1.67. The molecule has 1 aromatic heterocycles. The topological polar surface area (TPSA) is 57.0 Å². The molecule has 3 aromatic carbocycles. The van der Waals surface area contributed by atoms with E-state index in [4.69, 9.17) is 4.74 Å². The lowest BCUT2D eigenvalue weighted by Crippen LogP contribution is -2.10. The minimum absolute atomic E-state index is 0.0447. The highest BCUT2D eigenvalue weighted by atomic mass is 32.2. The van der Waals surface area contributed by atoms with E-state index in [0.29, 0.717) is 23.2 Å². The van der Waals surface area contributed by atoms with Gasteiger partial charge in [0.2, 0.25) is 0 Å². The highest BCUT2D eigenvalue weighted by Gasteiger charge is 2.19. The number of halogens is 1. The fourth-order valence-corrected chi connectivity index (χ4v) is 4.46. The van der Waals surface area contributed by atoms with Gasteiger partial charge in [-0.3, -0.25) is 9.36 Å². The predicted molar refractivity (Wildman–Crippen MR) is 138 cm³/mol. The summed E-state index contributed by atoms with van der Waals surface area (Å²) >= 11 is 1.30. The fraction of sp³-hybridized carbons (Fsp3) is 0.250. The van der Waals surface area contributed by atoms with Crippen LogP contribution in [0, 0.1) is 5.82 Å². The van der Waals surface area contributed by atoms with Gasteiger partial charge in [0, 0.05) is 16.8 Å². The summed E-state index contributed by atoms with van der Waals surface area (Å²) in [5.74, 6) is 1.15. The summed E-state index contributed by atoms with van der Waals surface area (Å²) in [6, 6.07) is 21.6. The van der Waals surface area contributed by atoms with Gasteiger partial charge >= 0.3 is 0 Å². The van der Waals surface area contributed by atoms with Crippen LogP contribution in [-0.2, 0) is 5.41 Å². The van der Waals surface area contributed by atoms with Crippen LogP contribution in [0.3, 0.4) is 0 Å². The Labute approximate surface area is 209 Å². The minimum Gasteiger partial charge on any atom is -0.494 e. The van der Waals surface area contributed by atoms with Gasteiger partial charge in [-0.25, -0.2) is 4.39 Å². The zero-order valence-electron chi connectivity index (χ0n) is 20.3. The van der Waals surface area contributed by atoms with Crippen LogP contribution in [0.5, 0.6) is 5.75 Å². The molecular weight excluding hydrogens is 461 g/mol. The lowest BCUT2D eigenvalue weighted by atomic mass is 9.87. The van der Waals surface area contributed by atoms with Gasteiger partial charge < -0.3 is 4.74 Å². The number of hydrogen-bond acceptors (Lipinski definition) is 5. The number of benzene rings is 3. The Morgan fingerprint density at radius 3 is 2.20 bits per heavy atom. The number of thioether (sulfide) groups is 1. The average molecular weight is 490 g/mol. The molecule has 0 unspecified atom stereocenters. The molecule has 5 nitrogen and oxygen atoms in total. The normalized spacial score (nSPS) is 11.5. The lowest BCUT2D eigenvalue weighted by molar-refractivity contribution is 0.102. The van der Waals surface area contributed by atoms with Crippen molar-refractivity contribution in [3.8, 4) is 22.8 Å². The van der Waals surface area contributed by atoms with Crippen molar-refractivity contribution in [1.29, 1.82) is 0 Å². The number of carbonyl (C=O) groups is 1. The van der Waals surface area contributed by atoms with Crippen molar-refractivity contribution in [3.05, 3.63) is 89.7 Å². The minimum atomic E-state index is -0.369. The van der Waals surface area contributed by atoms with Crippen molar-refractivity contribution in [3.63, 3.8) is 0 Å². The van der Waals surface area contributed by atoms with Crippen LogP contribution in [-0.4, -0.2) is 32.9 Å². The predicted octanol–water partition coefficient (Wildman–Crippen LogP) is 6.74. The van der Waals surface area contributed by atoms with Gasteiger partial charge in [0.25, 0.3) is 0 Å². The van der Waals surface area contributed by atoms with E-state index in [1.165, 1.54) is 41.6 Å². The molecule has 0 atom stereocenters. The van der Waals surface area contributed by atoms with Crippen molar-refractivity contribution >= 4 is 17.5 Å². The van der Waals surface area contributed by atoms with Crippen molar-refractivity contribution in [2.75, 3.05) is 12.4 Å². The molecule has 4 aromatic rings. The molecule has 0 spiro atoms. The maximum absolute atomic E-state index is 13.2. The van der Waals surface area contributed by atoms with E-state index in [1.807, 2.05) is 47.9 Å². The Morgan fingerprint density at radius 2 is 1.60 bits per heavy atom. The van der Waals surface area contributed by atoms with Crippen LogP contribution in [0.25, 0.3) is 17.1 Å². The number of carbonyl (C=O) groups excluding carboxylic acids is 1. The quantitative estimate of drug-likeness (QED) is 0.203. The zero-order valence-corrected chi connectivity index (χ0v) is 21.1. The van der Waals surface area contributed by atoms with Crippen LogP contribution < -0.4 is 4.74 Å². The number of ether oxygens (including phenoxy) is 1. The van der Waals surface area contributed by atoms with E-state index < -0.39 is 0 Å². The largest absolute Gasteiger partial charge is 0.494 e. The van der Waals surface area contributed by atoms with Crippen LogP contribution in [0.2, 0.25) is 0 Å². The number of hydrogen-bond donors (Lipinski definition) is 0. The van der Waals surface area contributed by atoms with E-state index in [-0.39, 0.29) is 22.8 Å². The smallest absolute Gasteiger partial charge is 0.196 e. The van der Waals surface area contributed by atoms with Gasteiger partial charge in [0.15, 0.2) is 16.8 Å². The molecule has 0 amide bonds. The number of aromatic nitrogens is 3. The van der Waals surface area contributed by atoms with Gasteiger partial charge in [-0.05, 0) is 66.4 Å². The molecular formula is C28H28FN3O2S. The molecule has 7 heteroatoms. The third-order valence-corrected chi connectivity index (χ3v) is 6.48. The molecule has 0 bridgehead atoms. The summed E-state index contributed by atoms with van der Waals surface area (Å²) in [6.07, 6.45) is 0. The fourth-order valence-electron chi connectivity index (χ4n) is 3.61. The Morgan fingerprint density at radius 1 is 0.943 bits per heavy atom. The first-order valence-electron chi connectivity index (χ1n) is 11.5. The maximum atomic E-state index is 13.2. The van der Waals surface area contributed by atoms with Gasteiger partial charge in [-0.2, -0.15) is 0 Å². The molecule has 0 fully saturated rings. The van der Waals surface area contributed by atoms with Crippen molar-refractivity contribution in [2.45, 2.75) is 38.3 Å². The highest BCUT2D eigenvalue weighted by Crippen LogP contribution is 2.31. The molecule has 180 valence electrons. The monoisotopic (exact) mass is 489 g/mol. The molecule has 4 rings (SSSR count). The van der Waals surface area contributed by atoms with E-state index in [2.05, 4.69) is 43.1 Å². The van der Waals surface area contributed by atoms with Gasteiger partial charge in [-0.15, -0.1) is 10.2 Å². The Kier molecular flexibility index (Phi) is 7.36. The first-order valence-corrected chi connectivity index (χ1v) is 12.5. The van der Waals surface area contributed by atoms with Gasteiger partial charge in [-0.1, -0.05) is 56.8 Å². The van der Waals surface area contributed by atoms with Crippen LogP contribution in [0.4, 0.5) is 4.39 Å². The van der Waals surface area contributed by atoms with Crippen LogP contribution in [0.1, 0.15) is 43.6 Å². The molecule has 0 saturated carbocycles. The second-order valence-corrected chi connectivity index (χ2v) is 10.1. The van der Waals surface area contributed by atoms with Crippen molar-refractivity contribution in [1.82, 2.24) is 14.8 Å². The average Bonchev–Trinajstić information content (AvgIpc) is 3.27. The first kappa shape index (κ1) is 24.7. The molecule has 0 radical (unpaired) electrons. The molecule has 0 aliphatic rings. The third kappa shape index (κ3) is 5.80. The summed E-state index contributed by atoms with van der Waals surface area (Å²) in [5.41, 5.74) is 3.53. The highest BCUT2D eigenvalue weighted by molar-refractivity contribution is 7.99. The molecule has 1 heterocycles. The van der Waals surface area contributed by atoms with Crippen LogP contribution in [0.15, 0.2) is 78.0 Å². The second kappa shape index (κ2) is 10.4. The summed E-state index contributed by atoms with van der Waals surface area (Å²) in [4.78, 5) is 12.7. The van der Waals surface area contributed by atoms with E-state index >= 15 is 0 Å². The van der Waals surface area contributed by atoms with E-state index in [9.17, 15) is 9.18 Å². The number of ketones is 1. The van der Waals surface area contributed by atoms with Crippen molar-refractivity contribution < 1.29 is 13.9 Å². The molecule has 0 aliphatic heterocycles. The lowest BCUT2D eigenvalue weighted by Gasteiger charge is -2.19. The number of nitrogens with zero attached hydrogens (tertiary/aromatic N) is 3. The first-order chi connectivity index (χ1) is 16.8. The van der Waals surface area contributed by atoms with Gasteiger partial charge in [0.05, 0.1) is 12.4 Å². The SMILES string of the molecule is CCOc1ccc(-n2c(SCC(=O)c3ccc(F)cc3)nnc2-c2ccc(C(C)(C)C)cc2)cc1. The van der Waals surface area contributed by atoms with E-state index in [0.717, 1.165) is 17.0 Å². The summed E-state index contributed by atoms with van der Waals surface area (Å²) in [5, 5.41) is 9.48. The zero-order chi connectivity index (χ0) is 25.0. The van der Waals surface area contributed by atoms with Gasteiger partial charge in [0.1, 0.15) is 11.6 Å².